The van der Waals surface area contributed by atoms with Crippen molar-refractivity contribution in [1.29, 1.82) is 0 Å². The van der Waals surface area contributed by atoms with Gasteiger partial charge in [-0.15, -0.1) is 10.2 Å². The number of ether oxygens (including phenoxy) is 1. The first-order valence-corrected chi connectivity index (χ1v) is 6.04. The quantitative estimate of drug-likeness (QED) is 0.914. The lowest BCUT2D eigenvalue weighted by Gasteiger charge is -2.10. The Morgan fingerprint density at radius 1 is 1.06 bits per heavy atom. The summed E-state index contributed by atoms with van der Waals surface area (Å²) in [6, 6.07) is 11.1. The number of rotatable bonds is 4. The zero-order valence-electron chi connectivity index (χ0n) is 10.2. The first-order valence-electron chi connectivity index (χ1n) is 5.66. The molecule has 4 nitrogen and oxygen atoms in total. The van der Waals surface area contributed by atoms with Gasteiger partial charge in [0.05, 0.1) is 6.10 Å². The van der Waals surface area contributed by atoms with Crippen molar-refractivity contribution in [2.24, 2.45) is 0 Å². The van der Waals surface area contributed by atoms with Gasteiger partial charge in [0.25, 0.3) is 0 Å². The number of benzene rings is 1. The average molecular weight is 264 g/mol. The van der Waals surface area contributed by atoms with Crippen molar-refractivity contribution in [2.45, 2.75) is 20.0 Å². The van der Waals surface area contributed by atoms with E-state index in [4.69, 9.17) is 16.3 Å². The number of hydrogen-bond donors (Lipinski definition) is 1. The van der Waals surface area contributed by atoms with Gasteiger partial charge in [-0.2, -0.15) is 0 Å². The van der Waals surface area contributed by atoms with Crippen molar-refractivity contribution < 1.29 is 4.74 Å². The van der Waals surface area contributed by atoms with Crippen LogP contribution in [0.25, 0.3) is 0 Å². The van der Waals surface area contributed by atoms with Crippen LogP contribution < -0.4 is 10.1 Å². The predicted octanol–water partition coefficient (Wildman–Crippen LogP) is 3.66. The normalized spacial score (nSPS) is 10.4. The van der Waals surface area contributed by atoms with Crippen LogP contribution in [0.4, 0.5) is 11.5 Å². The monoisotopic (exact) mass is 263 g/mol. The first-order chi connectivity index (χ1) is 8.63. The van der Waals surface area contributed by atoms with Crippen LogP contribution in [0.3, 0.4) is 0 Å². The van der Waals surface area contributed by atoms with Gasteiger partial charge in [-0.25, -0.2) is 0 Å². The standard InChI is InChI=1S/C13H14ClN3O/c1-9(2)18-11-5-3-10(4-6-11)15-13-8-7-12(14)16-17-13/h3-9H,1-2H3,(H,15,17). The summed E-state index contributed by atoms with van der Waals surface area (Å²) < 4.78 is 5.56. The fourth-order valence-electron chi connectivity index (χ4n) is 1.42. The highest BCUT2D eigenvalue weighted by molar-refractivity contribution is 6.29. The molecule has 2 rings (SSSR count). The largest absolute Gasteiger partial charge is 0.491 e. The van der Waals surface area contributed by atoms with Crippen molar-refractivity contribution >= 4 is 23.1 Å². The highest BCUT2D eigenvalue weighted by atomic mass is 35.5. The molecule has 0 fully saturated rings. The maximum atomic E-state index is 5.67. The summed E-state index contributed by atoms with van der Waals surface area (Å²) in [7, 11) is 0. The number of halogens is 1. The number of aromatic nitrogens is 2. The molecular weight excluding hydrogens is 250 g/mol. The Bertz CT molecular complexity index is 497. The molecule has 0 saturated heterocycles. The molecule has 0 aliphatic rings. The van der Waals surface area contributed by atoms with E-state index in [-0.39, 0.29) is 6.10 Å². The third kappa shape index (κ3) is 3.60. The van der Waals surface area contributed by atoms with Crippen LogP contribution in [0, 0.1) is 0 Å². The van der Waals surface area contributed by atoms with Crippen LogP contribution in [-0.2, 0) is 0 Å². The van der Waals surface area contributed by atoms with Gasteiger partial charge < -0.3 is 10.1 Å². The van der Waals surface area contributed by atoms with E-state index in [0.717, 1.165) is 11.4 Å². The Hall–Kier alpha value is -1.81. The maximum Gasteiger partial charge on any atom is 0.153 e. The molecule has 0 radical (unpaired) electrons. The van der Waals surface area contributed by atoms with Gasteiger partial charge in [0, 0.05) is 5.69 Å². The van der Waals surface area contributed by atoms with Crippen molar-refractivity contribution in [1.82, 2.24) is 10.2 Å². The SMILES string of the molecule is CC(C)Oc1ccc(Nc2ccc(Cl)nn2)cc1. The fraction of sp³-hybridized carbons (Fsp3) is 0.231. The summed E-state index contributed by atoms with van der Waals surface area (Å²) in [5.74, 6) is 1.50. The van der Waals surface area contributed by atoms with Gasteiger partial charge in [-0.05, 0) is 50.2 Å². The summed E-state index contributed by atoms with van der Waals surface area (Å²) in [6.07, 6.45) is 0.172. The first kappa shape index (κ1) is 12.6. The van der Waals surface area contributed by atoms with Gasteiger partial charge in [-0.1, -0.05) is 11.6 Å². The third-order valence-electron chi connectivity index (χ3n) is 2.13. The van der Waals surface area contributed by atoms with Crippen LogP contribution in [-0.4, -0.2) is 16.3 Å². The molecule has 0 amide bonds. The Labute approximate surface area is 111 Å². The smallest absolute Gasteiger partial charge is 0.153 e. The van der Waals surface area contributed by atoms with Crippen LogP contribution in [0.2, 0.25) is 5.15 Å². The number of nitrogens with zero attached hydrogens (tertiary/aromatic N) is 2. The summed E-state index contributed by atoms with van der Waals surface area (Å²) in [5, 5.41) is 11.2. The molecule has 1 N–H and O–H groups in total. The molecule has 1 aromatic carbocycles. The topological polar surface area (TPSA) is 47.0 Å². The molecule has 0 unspecified atom stereocenters. The third-order valence-corrected chi connectivity index (χ3v) is 2.33. The zero-order valence-corrected chi connectivity index (χ0v) is 11.0. The molecular formula is C13H14ClN3O. The Morgan fingerprint density at radius 3 is 2.33 bits per heavy atom. The summed E-state index contributed by atoms with van der Waals surface area (Å²) in [4.78, 5) is 0. The van der Waals surface area contributed by atoms with E-state index in [1.807, 2.05) is 38.1 Å². The summed E-state index contributed by atoms with van der Waals surface area (Å²) in [5.41, 5.74) is 0.919. The molecule has 0 bridgehead atoms. The van der Waals surface area contributed by atoms with E-state index in [9.17, 15) is 0 Å². The Morgan fingerprint density at radius 2 is 1.78 bits per heavy atom. The minimum Gasteiger partial charge on any atom is -0.491 e. The molecule has 1 aromatic heterocycles. The lowest BCUT2D eigenvalue weighted by molar-refractivity contribution is 0.242. The fourth-order valence-corrected chi connectivity index (χ4v) is 1.52. The molecule has 18 heavy (non-hydrogen) atoms. The highest BCUT2D eigenvalue weighted by Crippen LogP contribution is 2.19. The van der Waals surface area contributed by atoms with Crippen molar-refractivity contribution in [3.8, 4) is 5.75 Å². The second-order valence-corrected chi connectivity index (χ2v) is 4.44. The van der Waals surface area contributed by atoms with Gasteiger partial charge in [-0.3, -0.25) is 0 Å². The van der Waals surface area contributed by atoms with Gasteiger partial charge in [0.1, 0.15) is 5.75 Å². The number of anilines is 2. The van der Waals surface area contributed by atoms with Crippen LogP contribution in [0.5, 0.6) is 5.75 Å². The van der Waals surface area contributed by atoms with Gasteiger partial charge >= 0.3 is 0 Å². The van der Waals surface area contributed by atoms with Crippen LogP contribution in [0.15, 0.2) is 36.4 Å². The van der Waals surface area contributed by atoms with E-state index < -0.39 is 0 Å². The van der Waals surface area contributed by atoms with Crippen LogP contribution >= 0.6 is 11.6 Å². The maximum absolute atomic E-state index is 5.67. The Kier molecular flexibility index (Phi) is 3.99. The second-order valence-electron chi connectivity index (χ2n) is 4.06. The van der Waals surface area contributed by atoms with Gasteiger partial charge in [0.15, 0.2) is 11.0 Å². The van der Waals surface area contributed by atoms with Crippen LogP contribution in [0.1, 0.15) is 13.8 Å². The molecule has 0 aliphatic heterocycles. The number of nitrogens with one attached hydrogen (secondary N) is 1. The lowest BCUT2D eigenvalue weighted by atomic mass is 10.3. The molecule has 0 atom stereocenters. The Balaban J connectivity index is 2.04. The molecule has 94 valence electrons. The van der Waals surface area contributed by atoms with E-state index in [2.05, 4.69) is 15.5 Å². The molecule has 0 aliphatic carbocycles. The molecule has 1 heterocycles. The average Bonchev–Trinajstić information content (AvgIpc) is 2.34. The predicted molar refractivity (Wildman–Crippen MR) is 72.5 cm³/mol. The van der Waals surface area contributed by atoms with Crippen molar-refractivity contribution in [3.05, 3.63) is 41.6 Å². The van der Waals surface area contributed by atoms with E-state index in [1.165, 1.54) is 0 Å². The summed E-state index contributed by atoms with van der Waals surface area (Å²) in [6.45, 7) is 3.99. The minimum atomic E-state index is 0.172. The van der Waals surface area contributed by atoms with Crippen molar-refractivity contribution in [3.63, 3.8) is 0 Å². The van der Waals surface area contributed by atoms with E-state index in [0.29, 0.717) is 11.0 Å². The van der Waals surface area contributed by atoms with E-state index >= 15 is 0 Å². The lowest BCUT2D eigenvalue weighted by Crippen LogP contribution is -2.05. The molecule has 0 spiro atoms. The zero-order chi connectivity index (χ0) is 13.0. The molecule has 5 heteroatoms. The molecule has 2 aromatic rings. The van der Waals surface area contributed by atoms with Gasteiger partial charge in [0.2, 0.25) is 0 Å². The minimum absolute atomic E-state index is 0.172. The highest BCUT2D eigenvalue weighted by Gasteiger charge is 2.00. The summed E-state index contributed by atoms with van der Waals surface area (Å²) >= 11 is 5.67. The van der Waals surface area contributed by atoms with Crippen molar-refractivity contribution in [2.75, 3.05) is 5.32 Å². The number of hydrogen-bond acceptors (Lipinski definition) is 4. The van der Waals surface area contributed by atoms with E-state index in [1.54, 1.807) is 12.1 Å². The second kappa shape index (κ2) is 5.69. The molecule has 0 saturated carbocycles.